The molecule has 0 spiro atoms. The van der Waals surface area contributed by atoms with E-state index in [1.807, 2.05) is 18.7 Å². The molecule has 2 heterocycles. The summed E-state index contributed by atoms with van der Waals surface area (Å²) in [4.78, 5) is 6.32. The maximum absolute atomic E-state index is 4.32. The zero-order valence-electron chi connectivity index (χ0n) is 9.19. The summed E-state index contributed by atoms with van der Waals surface area (Å²) in [6, 6.07) is 2.07. The number of aryl methyl sites for hydroxylation is 2. The highest BCUT2D eigenvalue weighted by molar-refractivity contribution is 14.0. The maximum atomic E-state index is 4.32. The Morgan fingerprint density at radius 3 is 2.80 bits per heavy atom. The van der Waals surface area contributed by atoms with Crippen LogP contribution in [0.5, 0.6) is 0 Å². The molecule has 2 rings (SSSR count). The van der Waals surface area contributed by atoms with Crippen molar-refractivity contribution in [2.24, 2.45) is 12.0 Å². The van der Waals surface area contributed by atoms with E-state index in [2.05, 4.69) is 26.4 Å². The predicted octanol–water partition coefficient (Wildman–Crippen LogP) is 0.742. The Bertz CT molecular complexity index is 371. The van der Waals surface area contributed by atoms with Crippen molar-refractivity contribution in [1.29, 1.82) is 0 Å². The SMILES string of the molecule is CN=C1NCCN1c1cc(C)nn1C.I. The van der Waals surface area contributed by atoms with E-state index in [0.717, 1.165) is 30.6 Å². The van der Waals surface area contributed by atoms with E-state index in [1.165, 1.54) is 0 Å². The van der Waals surface area contributed by atoms with Gasteiger partial charge in [0.15, 0.2) is 5.96 Å². The summed E-state index contributed by atoms with van der Waals surface area (Å²) in [6.07, 6.45) is 0. The van der Waals surface area contributed by atoms with E-state index in [9.17, 15) is 0 Å². The number of hydrogen-bond acceptors (Lipinski definition) is 2. The third-order valence-electron chi connectivity index (χ3n) is 2.34. The molecule has 0 bridgehead atoms. The Balaban J connectivity index is 0.00000112. The Labute approximate surface area is 107 Å². The summed E-state index contributed by atoms with van der Waals surface area (Å²) in [6.45, 7) is 3.89. The summed E-state index contributed by atoms with van der Waals surface area (Å²) in [5.41, 5.74) is 1.03. The molecule has 6 heteroatoms. The van der Waals surface area contributed by atoms with Crippen LogP contribution in [0.4, 0.5) is 5.82 Å². The van der Waals surface area contributed by atoms with Gasteiger partial charge in [0.25, 0.3) is 0 Å². The quantitative estimate of drug-likeness (QED) is 0.776. The molecule has 0 atom stereocenters. The zero-order valence-corrected chi connectivity index (χ0v) is 11.5. The maximum Gasteiger partial charge on any atom is 0.199 e. The number of guanidine groups is 1. The molecule has 1 saturated heterocycles. The van der Waals surface area contributed by atoms with Crippen molar-refractivity contribution in [3.8, 4) is 0 Å². The molecular formula is C9H16IN5. The standard InChI is InChI=1S/C9H15N5.HI/c1-7-6-8(13(3)12-7)14-5-4-11-9(14)10-2;/h6H,4-5H2,1-3H3,(H,10,11);1H. The molecule has 1 aliphatic rings. The molecule has 1 aromatic heterocycles. The number of anilines is 1. The van der Waals surface area contributed by atoms with Crippen molar-refractivity contribution in [2.75, 3.05) is 25.0 Å². The first-order chi connectivity index (χ1) is 6.72. The summed E-state index contributed by atoms with van der Waals surface area (Å²) in [5, 5.41) is 7.54. The Morgan fingerprint density at radius 2 is 2.27 bits per heavy atom. The Hall–Kier alpha value is -0.790. The van der Waals surface area contributed by atoms with Crippen LogP contribution in [0.3, 0.4) is 0 Å². The lowest BCUT2D eigenvalue weighted by Gasteiger charge is -2.16. The van der Waals surface area contributed by atoms with Crippen LogP contribution in [0.1, 0.15) is 5.69 Å². The van der Waals surface area contributed by atoms with Crippen LogP contribution in [0.2, 0.25) is 0 Å². The lowest BCUT2D eigenvalue weighted by atomic mass is 10.4. The second kappa shape index (κ2) is 4.82. The third-order valence-corrected chi connectivity index (χ3v) is 2.34. The van der Waals surface area contributed by atoms with Gasteiger partial charge in [-0.2, -0.15) is 5.10 Å². The van der Waals surface area contributed by atoms with E-state index >= 15 is 0 Å². The van der Waals surface area contributed by atoms with Gasteiger partial charge in [0.1, 0.15) is 5.82 Å². The van der Waals surface area contributed by atoms with Crippen LogP contribution in [0.15, 0.2) is 11.1 Å². The highest BCUT2D eigenvalue weighted by atomic mass is 127. The van der Waals surface area contributed by atoms with Crippen molar-refractivity contribution in [3.05, 3.63) is 11.8 Å². The van der Waals surface area contributed by atoms with Crippen LogP contribution in [-0.4, -0.2) is 35.9 Å². The van der Waals surface area contributed by atoms with Gasteiger partial charge in [-0.1, -0.05) is 0 Å². The molecular weight excluding hydrogens is 305 g/mol. The second-order valence-electron chi connectivity index (χ2n) is 3.39. The van der Waals surface area contributed by atoms with Gasteiger partial charge in [-0.3, -0.25) is 14.6 Å². The lowest BCUT2D eigenvalue weighted by molar-refractivity contribution is 0.748. The smallest absolute Gasteiger partial charge is 0.199 e. The van der Waals surface area contributed by atoms with Crippen LogP contribution in [-0.2, 0) is 7.05 Å². The highest BCUT2D eigenvalue weighted by Crippen LogP contribution is 2.16. The molecule has 0 radical (unpaired) electrons. The van der Waals surface area contributed by atoms with Gasteiger partial charge in [-0.25, -0.2) is 0 Å². The van der Waals surface area contributed by atoms with Crippen LogP contribution >= 0.6 is 24.0 Å². The summed E-state index contributed by atoms with van der Waals surface area (Å²) in [7, 11) is 3.75. The van der Waals surface area contributed by atoms with E-state index in [1.54, 1.807) is 7.05 Å². The molecule has 15 heavy (non-hydrogen) atoms. The van der Waals surface area contributed by atoms with Gasteiger partial charge in [-0.05, 0) is 6.92 Å². The van der Waals surface area contributed by atoms with Gasteiger partial charge >= 0.3 is 0 Å². The normalized spacial score (nSPS) is 17.8. The number of rotatable bonds is 1. The largest absolute Gasteiger partial charge is 0.354 e. The Morgan fingerprint density at radius 1 is 1.53 bits per heavy atom. The van der Waals surface area contributed by atoms with Gasteiger partial charge in [-0.15, -0.1) is 24.0 Å². The first-order valence-corrected chi connectivity index (χ1v) is 4.71. The minimum Gasteiger partial charge on any atom is -0.354 e. The fraction of sp³-hybridized carbons (Fsp3) is 0.556. The average molecular weight is 321 g/mol. The fourth-order valence-corrected chi connectivity index (χ4v) is 1.75. The molecule has 0 aromatic carbocycles. The third kappa shape index (κ3) is 2.24. The van der Waals surface area contributed by atoms with Crippen molar-refractivity contribution >= 4 is 35.8 Å². The van der Waals surface area contributed by atoms with Gasteiger partial charge in [0, 0.05) is 33.3 Å². The molecule has 1 aliphatic heterocycles. The number of hydrogen-bond donors (Lipinski definition) is 1. The number of nitrogens with zero attached hydrogens (tertiary/aromatic N) is 4. The van der Waals surface area contributed by atoms with E-state index in [-0.39, 0.29) is 24.0 Å². The number of nitrogens with one attached hydrogen (secondary N) is 1. The number of aromatic nitrogens is 2. The number of halogens is 1. The van der Waals surface area contributed by atoms with E-state index in [4.69, 9.17) is 0 Å². The first-order valence-electron chi connectivity index (χ1n) is 4.71. The molecule has 0 aliphatic carbocycles. The van der Waals surface area contributed by atoms with Crippen LogP contribution in [0, 0.1) is 6.92 Å². The molecule has 84 valence electrons. The highest BCUT2D eigenvalue weighted by Gasteiger charge is 2.21. The van der Waals surface area contributed by atoms with Crippen molar-refractivity contribution in [2.45, 2.75) is 6.92 Å². The van der Waals surface area contributed by atoms with E-state index < -0.39 is 0 Å². The molecule has 5 nitrogen and oxygen atoms in total. The fourth-order valence-electron chi connectivity index (χ4n) is 1.75. The average Bonchev–Trinajstić information content (AvgIpc) is 2.71. The molecule has 1 N–H and O–H groups in total. The van der Waals surface area contributed by atoms with Crippen molar-refractivity contribution in [1.82, 2.24) is 15.1 Å². The van der Waals surface area contributed by atoms with Gasteiger partial charge in [0.05, 0.1) is 5.69 Å². The summed E-state index contributed by atoms with van der Waals surface area (Å²) < 4.78 is 1.88. The van der Waals surface area contributed by atoms with Gasteiger partial charge in [0.2, 0.25) is 0 Å². The van der Waals surface area contributed by atoms with Gasteiger partial charge < -0.3 is 5.32 Å². The monoisotopic (exact) mass is 321 g/mol. The van der Waals surface area contributed by atoms with Crippen molar-refractivity contribution in [3.63, 3.8) is 0 Å². The lowest BCUT2D eigenvalue weighted by Crippen LogP contribution is -2.31. The van der Waals surface area contributed by atoms with Crippen LogP contribution < -0.4 is 10.2 Å². The molecule has 0 saturated carbocycles. The first kappa shape index (κ1) is 12.3. The second-order valence-corrected chi connectivity index (χ2v) is 3.39. The molecule has 1 aromatic rings. The van der Waals surface area contributed by atoms with Crippen LogP contribution in [0.25, 0.3) is 0 Å². The number of aliphatic imine (C=N–C) groups is 1. The summed E-state index contributed by atoms with van der Waals surface area (Å²) in [5.74, 6) is 2.01. The zero-order chi connectivity index (χ0) is 10.1. The topological polar surface area (TPSA) is 45.5 Å². The molecule has 0 unspecified atom stereocenters. The summed E-state index contributed by atoms with van der Waals surface area (Å²) >= 11 is 0. The minimum atomic E-state index is 0. The molecule has 1 fully saturated rings. The molecule has 0 amide bonds. The van der Waals surface area contributed by atoms with E-state index in [0.29, 0.717) is 0 Å². The minimum absolute atomic E-state index is 0. The predicted molar refractivity (Wildman–Crippen MR) is 72.1 cm³/mol. The Kier molecular flexibility index (Phi) is 3.95. The van der Waals surface area contributed by atoms with Crippen molar-refractivity contribution < 1.29 is 0 Å².